The Hall–Kier alpha value is -2.04. The maximum Gasteiger partial charge on any atom is 0.119 e. The lowest BCUT2D eigenvalue weighted by molar-refractivity contribution is 0.339. The molecule has 0 bridgehead atoms. The lowest BCUT2D eigenvalue weighted by atomic mass is 9.99. The number of rotatable bonds is 7. The van der Waals surface area contributed by atoms with E-state index in [9.17, 15) is 0 Å². The third-order valence-corrected chi connectivity index (χ3v) is 3.17. The van der Waals surface area contributed by atoms with Crippen LogP contribution in [0.25, 0.3) is 0 Å². The van der Waals surface area contributed by atoms with Gasteiger partial charge in [-0.1, -0.05) is 24.3 Å². The van der Waals surface area contributed by atoms with Gasteiger partial charge in [-0.25, -0.2) is 5.43 Å². The molecule has 0 aliphatic rings. The van der Waals surface area contributed by atoms with Crippen LogP contribution >= 0.6 is 0 Å². The molecule has 0 spiro atoms. The second-order valence-corrected chi connectivity index (χ2v) is 4.61. The molecule has 21 heavy (non-hydrogen) atoms. The zero-order chi connectivity index (χ0) is 15.1. The van der Waals surface area contributed by atoms with Crippen molar-refractivity contribution in [1.29, 1.82) is 0 Å². The number of nitrogens with two attached hydrogens (primary N) is 1. The largest absolute Gasteiger partial charge is 0.494 e. The average molecular weight is 286 g/mol. The van der Waals surface area contributed by atoms with E-state index in [4.69, 9.17) is 15.3 Å². The van der Waals surface area contributed by atoms with Gasteiger partial charge in [0.05, 0.1) is 19.3 Å². The van der Waals surface area contributed by atoms with E-state index in [1.165, 1.54) is 0 Å². The molecule has 0 atom stereocenters. The van der Waals surface area contributed by atoms with Gasteiger partial charge in [0.1, 0.15) is 11.5 Å². The Bertz CT molecular complexity index is 523. The van der Waals surface area contributed by atoms with Gasteiger partial charge >= 0.3 is 0 Å². The second kappa shape index (κ2) is 7.67. The molecule has 0 saturated carbocycles. The topological polar surface area (TPSA) is 56.5 Å². The van der Waals surface area contributed by atoms with Gasteiger partial charge in [0, 0.05) is 0 Å². The molecule has 2 aromatic rings. The van der Waals surface area contributed by atoms with Gasteiger partial charge in [0.2, 0.25) is 0 Å². The Morgan fingerprint density at radius 2 is 1.38 bits per heavy atom. The first-order valence-corrected chi connectivity index (χ1v) is 7.20. The van der Waals surface area contributed by atoms with E-state index in [1.54, 1.807) is 0 Å². The van der Waals surface area contributed by atoms with Crippen molar-refractivity contribution in [2.45, 2.75) is 19.9 Å². The average Bonchev–Trinajstić information content (AvgIpc) is 2.50. The van der Waals surface area contributed by atoms with Crippen LogP contribution in [0.2, 0.25) is 0 Å². The van der Waals surface area contributed by atoms with Crippen LogP contribution < -0.4 is 20.7 Å². The molecule has 3 N–H and O–H groups in total. The number of hydrogen-bond acceptors (Lipinski definition) is 4. The quantitative estimate of drug-likeness (QED) is 0.607. The highest BCUT2D eigenvalue weighted by Crippen LogP contribution is 2.27. The van der Waals surface area contributed by atoms with Gasteiger partial charge in [-0.3, -0.25) is 5.84 Å². The van der Waals surface area contributed by atoms with Crippen LogP contribution in [0, 0.1) is 0 Å². The minimum atomic E-state index is -0.106. The normalized spacial score (nSPS) is 10.7. The SMILES string of the molecule is CCOc1cccc(C(NN)c2cccc(OCC)c2)c1. The summed E-state index contributed by atoms with van der Waals surface area (Å²) >= 11 is 0. The summed E-state index contributed by atoms with van der Waals surface area (Å²) < 4.78 is 11.1. The molecule has 2 rings (SSSR count). The summed E-state index contributed by atoms with van der Waals surface area (Å²) in [7, 11) is 0. The summed E-state index contributed by atoms with van der Waals surface area (Å²) in [6.07, 6.45) is 0. The molecule has 0 aliphatic heterocycles. The standard InChI is InChI=1S/C17H22N2O2/c1-3-20-15-9-5-7-13(11-15)17(19-18)14-8-6-10-16(12-14)21-4-2/h5-12,17,19H,3-4,18H2,1-2H3. The predicted octanol–water partition coefficient (Wildman–Crippen LogP) is 3.04. The Balaban J connectivity index is 2.30. The monoisotopic (exact) mass is 286 g/mol. The number of ether oxygens (including phenoxy) is 2. The van der Waals surface area contributed by atoms with E-state index >= 15 is 0 Å². The minimum Gasteiger partial charge on any atom is -0.494 e. The van der Waals surface area contributed by atoms with Crippen LogP contribution in [-0.2, 0) is 0 Å². The van der Waals surface area contributed by atoms with Crippen molar-refractivity contribution in [3.05, 3.63) is 59.7 Å². The molecule has 2 aromatic carbocycles. The van der Waals surface area contributed by atoms with Crippen molar-refractivity contribution in [3.63, 3.8) is 0 Å². The summed E-state index contributed by atoms with van der Waals surface area (Å²) in [6.45, 7) is 5.22. The van der Waals surface area contributed by atoms with Gasteiger partial charge in [-0.2, -0.15) is 0 Å². The summed E-state index contributed by atoms with van der Waals surface area (Å²) in [6, 6.07) is 15.8. The molecule has 0 saturated heterocycles. The smallest absolute Gasteiger partial charge is 0.119 e. The molecule has 0 fully saturated rings. The molecule has 0 aromatic heterocycles. The van der Waals surface area contributed by atoms with E-state index in [-0.39, 0.29) is 6.04 Å². The van der Waals surface area contributed by atoms with Crippen LogP contribution in [0.5, 0.6) is 11.5 Å². The van der Waals surface area contributed by atoms with Crippen LogP contribution in [0.1, 0.15) is 31.0 Å². The zero-order valence-electron chi connectivity index (χ0n) is 12.5. The summed E-state index contributed by atoms with van der Waals surface area (Å²) in [5.41, 5.74) is 4.97. The van der Waals surface area contributed by atoms with Crippen molar-refractivity contribution in [3.8, 4) is 11.5 Å². The first-order chi connectivity index (χ1) is 10.3. The highest BCUT2D eigenvalue weighted by Gasteiger charge is 2.13. The van der Waals surface area contributed by atoms with Crippen molar-refractivity contribution in [1.82, 2.24) is 5.43 Å². The van der Waals surface area contributed by atoms with Crippen molar-refractivity contribution >= 4 is 0 Å². The number of hydrazine groups is 1. The summed E-state index contributed by atoms with van der Waals surface area (Å²) in [5.74, 6) is 7.44. The number of benzene rings is 2. The Labute approximate surface area is 125 Å². The minimum absolute atomic E-state index is 0.106. The maximum atomic E-state index is 5.75. The Morgan fingerprint density at radius 3 is 1.76 bits per heavy atom. The lowest BCUT2D eigenvalue weighted by Crippen LogP contribution is -2.28. The highest BCUT2D eigenvalue weighted by molar-refractivity contribution is 5.39. The maximum absolute atomic E-state index is 5.75. The van der Waals surface area contributed by atoms with Crippen LogP contribution in [-0.4, -0.2) is 13.2 Å². The molecule has 0 unspecified atom stereocenters. The van der Waals surface area contributed by atoms with E-state index in [1.807, 2.05) is 62.4 Å². The van der Waals surface area contributed by atoms with Gasteiger partial charge in [-0.15, -0.1) is 0 Å². The lowest BCUT2D eigenvalue weighted by Gasteiger charge is -2.18. The van der Waals surface area contributed by atoms with Gasteiger partial charge in [-0.05, 0) is 49.2 Å². The third-order valence-electron chi connectivity index (χ3n) is 3.17. The fraction of sp³-hybridized carbons (Fsp3) is 0.294. The van der Waals surface area contributed by atoms with Gasteiger partial charge < -0.3 is 9.47 Å². The van der Waals surface area contributed by atoms with Crippen molar-refractivity contribution in [2.75, 3.05) is 13.2 Å². The van der Waals surface area contributed by atoms with E-state index in [0.29, 0.717) is 13.2 Å². The molecule has 0 heterocycles. The number of hydrogen-bond donors (Lipinski definition) is 2. The predicted molar refractivity (Wildman–Crippen MR) is 84.4 cm³/mol. The fourth-order valence-corrected chi connectivity index (χ4v) is 2.29. The molecule has 0 aliphatic carbocycles. The fourth-order valence-electron chi connectivity index (χ4n) is 2.29. The van der Waals surface area contributed by atoms with Crippen LogP contribution in [0.15, 0.2) is 48.5 Å². The summed E-state index contributed by atoms with van der Waals surface area (Å²) in [5, 5.41) is 0. The number of nitrogens with one attached hydrogen (secondary N) is 1. The van der Waals surface area contributed by atoms with Crippen molar-refractivity contribution < 1.29 is 9.47 Å². The molecular formula is C17H22N2O2. The second-order valence-electron chi connectivity index (χ2n) is 4.61. The zero-order valence-corrected chi connectivity index (χ0v) is 12.5. The Kier molecular flexibility index (Phi) is 5.60. The van der Waals surface area contributed by atoms with Gasteiger partial charge in [0.15, 0.2) is 0 Å². The van der Waals surface area contributed by atoms with E-state index < -0.39 is 0 Å². The molecule has 0 amide bonds. The van der Waals surface area contributed by atoms with E-state index in [2.05, 4.69) is 5.43 Å². The molecule has 112 valence electrons. The third kappa shape index (κ3) is 3.97. The van der Waals surface area contributed by atoms with Crippen molar-refractivity contribution in [2.24, 2.45) is 5.84 Å². The van der Waals surface area contributed by atoms with E-state index in [0.717, 1.165) is 22.6 Å². The van der Waals surface area contributed by atoms with Crippen LogP contribution in [0.4, 0.5) is 0 Å². The highest BCUT2D eigenvalue weighted by atomic mass is 16.5. The first kappa shape index (κ1) is 15.4. The first-order valence-electron chi connectivity index (χ1n) is 7.20. The molecule has 0 radical (unpaired) electrons. The molecular weight excluding hydrogens is 264 g/mol. The summed E-state index contributed by atoms with van der Waals surface area (Å²) in [4.78, 5) is 0. The molecule has 4 heteroatoms. The Morgan fingerprint density at radius 1 is 0.905 bits per heavy atom. The van der Waals surface area contributed by atoms with Crippen LogP contribution in [0.3, 0.4) is 0 Å². The van der Waals surface area contributed by atoms with Gasteiger partial charge in [0.25, 0.3) is 0 Å². The molecule has 4 nitrogen and oxygen atoms in total.